The minimum absolute atomic E-state index is 0.203. The number of benzene rings is 2. The Morgan fingerprint density at radius 3 is 2.37 bits per heavy atom. The molecule has 2 aromatic rings. The topological polar surface area (TPSA) is 55.4 Å². The predicted molar refractivity (Wildman–Crippen MR) is 103 cm³/mol. The average molecular weight is 363 g/mol. The summed E-state index contributed by atoms with van der Waals surface area (Å²) >= 11 is 0. The van der Waals surface area contributed by atoms with Crippen LogP contribution in [0.15, 0.2) is 60.7 Å². The van der Waals surface area contributed by atoms with Crippen LogP contribution in [0, 0.1) is 5.92 Å². The van der Waals surface area contributed by atoms with Crippen molar-refractivity contribution in [2.45, 2.75) is 50.3 Å². The molecule has 1 aliphatic heterocycles. The minimum Gasteiger partial charge on any atom is -0.460 e. The Morgan fingerprint density at radius 1 is 1.00 bits per heavy atom. The first-order valence-corrected chi connectivity index (χ1v) is 9.73. The summed E-state index contributed by atoms with van der Waals surface area (Å²) in [5.74, 6) is 0.178. The summed E-state index contributed by atoms with van der Waals surface area (Å²) < 4.78 is 5.51. The molecule has 2 aromatic carbocycles. The van der Waals surface area contributed by atoms with Gasteiger partial charge in [-0.25, -0.2) is 0 Å². The molecule has 1 saturated carbocycles. The summed E-state index contributed by atoms with van der Waals surface area (Å²) in [6.07, 6.45) is 3.94. The van der Waals surface area contributed by atoms with Crippen LogP contribution in [0.5, 0.6) is 0 Å². The summed E-state index contributed by atoms with van der Waals surface area (Å²) in [5.41, 5.74) is 1.44. The van der Waals surface area contributed by atoms with Gasteiger partial charge in [-0.05, 0) is 36.3 Å². The van der Waals surface area contributed by atoms with Crippen molar-refractivity contribution in [2.75, 3.05) is 0 Å². The van der Waals surface area contributed by atoms with Gasteiger partial charge in [-0.3, -0.25) is 14.9 Å². The van der Waals surface area contributed by atoms with Crippen LogP contribution in [0.1, 0.15) is 36.8 Å². The van der Waals surface area contributed by atoms with Crippen LogP contribution in [-0.4, -0.2) is 23.3 Å². The smallest absolute Gasteiger partial charge is 0.323 e. The summed E-state index contributed by atoms with van der Waals surface area (Å²) in [6, 6.07) is 19.1. The summed E-state index contributed by atoms with van der Waals surface area (Å²) in [6.45, 7) is 0.271. The van der Waals surface area contributed by atoms with Crippen molar-refractivity contribution < 1.29 is 14.3 Å². The van der Waals surface area contributed by atoms with Gasteiger partial charge in [0, 0.05) is 6.42 Å². The molecule has 1 N–H and O–H groups in total. The Kier molecular flexibility index (Phi) is 5.08. The molecule has 140 valence electrons. The molecule has 2 fully saturated rings. The fraction of sp³-hybridized carbons (Fsp3) is 0.391. The highest BCUT2D eigenvalue weighted by atomic mass is 16.5. The lowest BCUT2D eigenvalue weighted by Crippen LogP contribution is -2.53. The van der Waals surface area contributed by atoms with Gasteiger partial charge in [0.05, 0.1) is 5.54 Å². The quantitative estimate of drug-likeness (QED) is 0.799. The van der Waals surface area contributed by atoms with Crippen LogP contribution in [0.25, 0.3) is 0 Å². The first kappa shape index (κ1) is 17.9. The largest absolute Gasteiger partial charge is 0.460 e. The van der Waals surface area contributed by atoms with Crippen molar-refractivity contribution in [3.8, 4) is 0 Å². The van der Waals surface area contributed by atoms with E-state index < -0.39 is 11.6 Å². The van der Waals surface area contributed by atoms with E-state index in [0.717, 1.165) is 30.4 Å². The molecular weight excluding hydrogens is 338 g/mol. The number of ketones is 1. The number of Topliss-reactive ketones (excluding diaryl/α,β-unsaturated/α-hetero) is 1. The second-order valence-electron chi connectivity index (χ2n) is 7.67. The zero-order chi connectivity index (χ0) is 18.7. The van der Waals surface area contributed by atoms with Crippen molar-refractivity contribution in [3.63, 3.8) is 0 Å². The Bertz CT molecular complexity index is 805. The van der Waals surface area contributed by atoms with Gasteiger partial charge in [0.1, 0.15) is 12.6 Å². The average Bonchev–Trinajstić information content (AvgIpc) is 3.26. The van der Waals surface area contributed by atoms with E-state index >= 15 is 0 Å². The number of fused-ring (bicyclic) bond motifs is 1. The molecule has 0 spiro atoms. The fourth-order valence-corrected chi connectivity index (χ4v) is 4.61. The fourth-order valence-electron chi connectivity index (χ4n) is 4.61. The number of nitrogens with one attached hydrogen (secondary N) is 1. The van der Waals surface area contributed by atoms with Crippen molar-refractivity contribution in [1.82, 2.24) is 5.32 Å². The van der Waals surface area contributed by atoms with Gasteiger partial charge < -0.3 is 4.74 Å². The highest BCUT2D eigenvalue weighted by molar-refractivity contribution is 5.93. The molecule has 1 saturated heterocycles. The van der Waals surface area contributed by atoms with E-state index in [4.69, 9.17) is 4.74 Å². The third-order valence-corrected chi connectivity index (χ3v) is 5.99. The first-order chi connectivity index (χ1) is 13.2. The number of hydrogen-bond donors (Lipinski definition) is 1. The Labute approximate surface area is 159 Å². The van der Waals surface area contributed by atoms with E-state index in [2.05, 4.69) is 5.32 Å². The van der Waals surface area contributed by atoms with Gasteiger partial charge in [-0.2, -0.15) is 0 Å². The zero-order valence-corrected chi connectivity index (χ0v) is 15.4. The number of ether oxygens (including phenoxy) is 1. The van der Waals surface area contributed by atoms with Crippen molar-refractivity contribution >= 4 is 11.8 Å². The standard InChI is InChI=1S/C23H25NO3/c25-21(14-17-8-3-1-4-9-17)23-13-7-12-19(23)15-20(24-23)22(26)27-16-18-10-5-2-6-11-18/h1-6,8-11,19-20,24H,7,12-16H2/t19-,20-,23-/m0/s1. The molecular formula is C23H25NO3. The highest BCUT2D eigenvalue weighted by Gasteiger charge is 2.55. The summed E-state index contributed by atoms with van der Waals surface area (Å²) in [7, 11) is 0. The van der Waals surface area contributed by atoms with Crippen LogP contribution in [-0.2, 0) is 27.4 Å². The molecule has 0 unspecified atom stereocenters. The van der Waals surface area contributed by atoms with E-state index in [1.54, 1.807) is 0 Å². The van der Waals surface area contributed by atoms with Crippen LogP contribution >= 0.6 is 0 Å². The monoisotopic (exact) mass is 363 g/mol. The van der Waals surface area contributed by atoms with Crippen molar-refractivity contribution in [2.24, 2.45) is 5.92 Å². The van der Waals surface area contributed by atoms with Crippen LogP contribution < -0.4 is 5.32 Å². The second-order valence-corrected chi connectivity index (χ2v) is 7.67. The number of hydrogen-bond acceptors (Lipinski definition) is 4. The Balaban J connectivity index is 1.41. The van der Waals surface area contributed by atoms with Crippen LogP contribution in [0.4, 0.5) is 0 Å². The van der Waals surface area contributed by atoms with Gasteiger partial charge in [-0.1, -0.05) is 67.1 Å². The number of rotatable bonds is 6. The maximum absolute atomic E-state index is 13.2. The first-order valence-electron chi connectivity index (χ1n) is 9.73. The van der Waals surface area contributed by atoms with E-state index in [1.807, 2.05) is 60.7 Å². The van der Waals surface area contributed by atoms with Gasteiger partial charge in [0.15, 0.2) is 5.78 Å². The minimum atomic E-state index is -0.563. The highest BCUT2D eigenvalue weighted by Crippen LogP contribution is 2.45. The number of carbonyl (C=O) groups is 2. The maximum atomic E-state index is 13.2. The SMILES string of the molecule is O=C(OCc1ccccc1)[C@@H]1C[C@@H]2CCC[C@]2(C(=O)Cc2ccccc2)N1. The zero-order valence-electron chi connectivity index (χ0n) is 15.4. The number of carbonyl (C=O) groups excluding carboxylic acids is 2. The molecule has 2 aliphatic rings. The van der Waals surface area contributed by atoms with Crippen molar-refractivity contribution in [3.05, 3.63) is 71.8 Å². The lowest BCUT2D eigenvalue weighted by atomic mass is 9.82. The van der Waals surface area contributed by atoms with Gasteiger partial charge in [0.2, 0.25) is 0 Å². The lowest BCUT2D eigenvalue weighted by Gasteiger charge is -2.28. The van der Waals surface area contributed by atoms with E-state index in [-0.39, 0.29) is 24.3 Å². The Morgan fingerprint density at radius 2 is 1.67 bits per heavy atom. The molecule has 4 rings (SSSR count). The van der Waals surface area contributed by atoms with E-state index in [0.29, 0.717) is 12.8 Å². The molecule has 1 heterocycles. The normalized spacial score (nSPS) is 26.5. The Hall–Kier alpha value is -2.46. The van der Waals surface area contributed by atoms with Gasteiger partial charge in [0.25, 0.3) is 0 Å². The number of esters is 1. The molecule has 1 aliphatic carbocycles. The third kappa shape index (κ3) is 3.67. The van der Waals surface area contributed by atoms with E-state index in [9.17, 15) is 9.59 Å². The van der Waals surface area contributed by atoms with E-state index in [1.165, 1.54) is 0 Å². The van der Waals surface area contributed by atoms with Crippen molar-refractivity contribution in [1.29, 1.82) is 0 Å². The molecule has 4 nitrogen and oxygen atoms in total. The predicted octanol–water partition coefficient (Wildman–Crippen LogP) is 3.44. The van der Waals surface area contributed by atoms with Crippen LogP contribution in [0.3, 0.4) is 0 Å². The third-order valence-electron chi connectivity index (χ3n) is 5.99. The van der Waals surface area contributed by atoms with Crippen LogP contribution in [0.2, 0.25) is 0 Å². The summed E-state index contributed by atoms with van der Waals surface area (Å²) in [4.78, 5) is 25.7. The molecule has 3 atom stereocenters. The molecule has 0 aromatic heterocycles. The molecule has 4 heteroatoms. The maximum Gasteiger partial charge on any atom is 0.323 e. The molecule has 0 radical (unpaired) electrons. The second kappa shape index (κ2) is 7.65. The van der Waals surface area contributed by atoms with Gasteiger partial charge >= 0.3 is 5.97 Å². The van der Waals surface area contributed by atoms with Gasteiger partial charge in [-0.15, -0.1) is 0 Å². The molecule has 0 amide bonds. The molecule has 27 heavy (non-hydrogen) atoms. The lowest BCUT2D eigenvalue weighted by molar-refractivity contribution is -0.147. The summed E-state index contributed by atoms with van der Waals surface area (Å²) in [5, 5.41) is 3.40. The molecule has 0 bridgehead atoms.